The second kappa shape index (κ2) is 22.0. The fourth-order valence-corrected chi connectivity index (χ4v) is 11.3. The highest BCUT2D eigenvalue weighted by molar-refractivity contribution is 6.76. The highest BCUT2D eigenvalue weighted by Crippen LogP contribution is 2.64. The number of ether oxygens (including phenoxy) is 3. The molecule has 0 unspecified atom stereocenters. The van der Waals surface area contributed by atoms with Crippen molar-refractivity contribution in [2.45, 2.75) is 132 Å². The van der Waals surface area contributed by atoms with Crippen LogP contribution < -0.4 is 20.3 Å². The molecule has 2 atom stereocenters. The van der Waals surface area contributed by atoms with Crippen LogP contribution in [-0.4, -0.2) is 93.5 Å². The molecule has 0 aliphatic rings. The Morgan fingerprint density at radius 1 is 0.676 bits per heavy atom. The van der Waals surface area contributed by atoms with Crippen molar-refractivity contribution in [2.75, 3.05) is 25.6 Å². The Labute approximate surface area is 379 Å². The van der Waals surface area contributed by atoms with Gasteiger partial charge >= 0.3 is 53.7 Å². The van der Waals surface area contributed by atoms with Gasteiger partial charge in [-0.05, 0) is 84.8 Å². The summed E-state index contributed by atoms with van der Waals surface area (Å²) < 4.78 is 259. The second-order valence-electron chi connectivity index (χ2n) is 16.2. The lowest BCUT2D eigenvalue weighted by molar-refractivity contribution is -0.461. The summed E-state index contributed by atoms with van der Waals surface area (Å²) >= 11 is 0. The van der Waals surface area contributed by atoms with Crippen molar-refractivity contribution in [3.05, 3.63) is 65.7 Å². The number of alkyl halides is 17. The van der Waals surface area contributed by atoms with E-state index in [4.69, 9.17) is 23.8 Å². The van der Waals surface area contributed by atoms with Gasteiger partial charge in [0.15, 0.2) is 8.32 Å². The first-order valence-electron chi connectivity index (χ1n) is 20.2. The van der Waals surface area contributed by atoms with Gasteiger partial charge < -0.3 is 18.6 Å². The number of halogens is 17. The number of nitrogens with one attached hydrogen (secondary N) is 2. The van der Waals surface area contributed by atoms with Gasteiger partial charge in [0, 0.05) is 17.7 Å². The van der Waals surface area contributed by atoms with Gasteiger partial charge in [-0.15, -0.1) is 0 Å². The largest absolute Gasteiger partial charge is 0.497 e. The lowest BCUT2D eigenvalue weighted by Crippen LogP contribution is -2.74. The molecule has 9 nitrogen and oxygen atoms in total. The topological polar surface area (TPSA) is 115 Å². The Morgan fingerprint density at radius 2 is 1.15 bits per heavy atom. The third-order valence-corrected chi connectivity index (χ3v) is 16.8. The number of rotatable bonds is 25. The number of anilines is 1. The summed E-state index contributed by atoms with van der Waals surface area (Å²) in [5, 5.41) is 11.4. The number of hydrogen-bond donors (Lipinski definition) is 3. The molecule has 2 rings (SSSR count). The van der Waals surface area contributed by atoms with Crippen LogP contribution in [0, 0.1) is 5.92 Å². The maximum absolute atomic E-state index is 15.0. The Morgan fingerprint density at radius 3 is 1.60 bits per heavy atom. The van der Waals surface area contributed by atoms with Gasteiger partial charge in [0.2, 0.25) is 0 Å². The van der Waals surface area contributed by atoms with Crippen LogP contribution >= 0.6 is 0 Å². The van der Waals surface area contributed by atoms with E-state index in [0.29, 0.717) is 29.8 Å². The summed E-state index contributed by atoms with van der Waals surface area (Å²) in [7, 11) is -2.58. The van der Waals surface area contributed by atoms with Crippen LogP contribution in [0.25, 0.3) is 0 Å². The summed E-state index contributed by atoms with van der Waals surface area (Å²) in [5.41, 5.74) is 0.710. The molecule has 0 bridgehead atoms. The number of carbonyl (C=O) groups is 2. The summed E-state index contributed by atoms with van der Waals surface area (Å²) in [5.74, 6) is -57.4. The molecule has 0 saturated carbocycles. The Bertz CT molecular complexity index is 1990. The zero-order valence-electron chi connectivity index (χ0n) is 37.1. The molecule has 3 N–H and O–H groups in total. The van der Waals surface area contributed by atoms with E-state index < -0.39 is 117 Å². The second-order valence-corrected chi connectivity index (χ2v) is 21.2. The van der Waals surface area contributed by atoms with Crippen LogP contribution in [0.1, 0.15) is 72.5 Å². The van der Waals surface area contributed by atoms with E-state index in [-0.39, 0.29) is 11.3 Å². The molecule has 2 amide bonds. The quantitative estimate of drug-likeness (QED) is 0.0227. The van der Waals surface area contributed by atoms with Crippen LogP contribution in [0.3, 0.4) is 0 Å². The van der Waals surface area contributed by atoms with Gasteiger partial charge in [-0.1, -0.05) is 52.8 Å². The van der Waals surface area contributed by atoms with E-state index in [2.05, 4.69) is 5.32 Å². The maximum Gasteiger partial charge on any atom is 0.460 e. The first-order chi connectivity index (χ1) is 30.9. The highest BCUT2D eigenvalue weighted by atomic mass is 28.4. The monoisotopic (exact) mass is 1030 g/mol. The first kappa shape index (κ1) is 59.6. The summed E-state index contributed by atoms with van der Waals surface area (Å²) in [6.45, 7) is 7.49. The van der Waals surface area contributed by atoms with Crippen molar-refractivity contribution < 1.29 is 108 Å². The molecule has 0 fully saturated rings. The normalized spacial score (nSPS) is 15.0. The highest BCUT2D eigenvalue weighted by Gasteiger charge is 2.95. The van der Waals surface area contributed by atoms with Crippen LogP contribution in [0.5, 0.6) is 11.5 Å². The van der Waals surface area contributed by atoms with Crippen molar-refractivity contribution >= 4 is 26.0 Å². The zero-order valence-corrected chi connectivity index (χ0v) is 38.1. The molecule has 388 valence electrons. The Hall–Kier alpha value is -4.53. The third-order valence-electron chi connectivity index (χ3n) is 11.1. The number of methoxy groups -OCH3 is 1. The van der Waals surface area contributed by atoms with Gasteiger partial charge in [-0.3, -0.25) is 15.3 Å². The van der Waals surface area contributed by atoms with Crippen molar-refractivity contribution in [2.24, 2.45) is 5.92 Å². The van der Waals surface area contributed by atoms with E-state index in [1.807, 2.05) is 0 Å². The first-order valence-corrected chi connectivity index (χ1v) is 22.4. The SMILES string of the molecule is COc1ccc(NC(=O)O[C@@H](c2ccc(OCCO[Si](CCC(F)(F)C(F)(F)C(F)(F)C(F)(F)C(F)(F)C(F)(F)C(F)(F)C(F)(F)F)(C(C)C)C(C)C)cc2)[C@@H](C)CC/C=C(\C)C(=O)NO)cc1. The Balaban J connectivity index is 2.30. The van der Waals surface area contributed by atoms with Crippen LogP contribution in [0.2, 0.25) is 17.1 Å². The molecule has 0 saturated heterocycles. The molecule has 0 aliphatic carbocycles. The molecular weight excluding hydrogens is 984 g/mol. The molecule has 68 heavy (non-hydrogen) atoms. The van der Waals surface area contributed by atoms with E-state index in [9.17, 15) is 75.4 Å². The van der Waals surface area contributed by atoms with E-state index in [0.717, 1.165) is 0 Å². The molecule has 0 heterocycles. The minimum atomic E-state index is -8.71. The van der Waals surface area contributed by atoms with Crippen LogP contribution in [-0.2, 0) is 14.0 Å². The minimum Gasteiger partial charge on any atom is -0.497 e. The number of benzene rings is 2. The third kappa shape index (κ3) is 12.2. The van der Waals surface area contributed by atoms with Crippen LogP contribution in [0.15, 0.2) is 60.2 Å². The lowest BCUT2D eigenvalue weighted by atomic mass is 9.88. The number of amides is 2. The number of hydroxylamine groups is 1. The molecule has 0 aromatic heterocycles. The smallest absolute Gasteiger partial charge is 0.460 e. The summed E-state index contributed by atoms with van der Waals surface area (Å²) in [6.07, 6.45) is -10.00. The van der Waals surface area contributed by atoms with Crippen molar-refractivity contribution in [3.8, 4) is 11.5 Å². The molecule has 2 aromatic carbocycles. The average Bonchev–Trinajstić information content (AvgIpc) is 3.24. The fraction of sp³-hybridized carbons (Fsp3) is 0.610. The van der Waals surface area contributed by atoms with Gasteiger partial charge in [0.05, 0.1) is 13.7 Å². The predicted octanol–water partition coefficient (Wildman–Crippen LogP) is 13.4. The minimum absolute atomic E-state index is 0.117. The molecule has 0 aliphatic heterocycles. The van der Waals surface area contributed by atoms with Crippen molar-refractivity contribution in [3.63, 3.8) is 0 Å². The van der Waals surface area contributed by atoms with Crippen molar-refractivity contribution in [1.29, 1.82) is 0 Å². The average molecular weight is 1030 g/mol. The summed E-state index contributed by atoms with van der Waals surface area (Å²) in [6, 6.07) is 10.7. The maximum atomic E-state index is 15.0. The van der Waals surface area contributed by atoms with E-state index in [1.54, 1.807) is 37.3 Å². The Kier molecular flexibility index (Phi) is 19.3. The zero-order chi connectivity index (χ0) is 52.7. The molecular formula is C41H49F17N2O7Si. The standard InChI is InChI=1S/C41H49F17N2O7Si/c1-23(2)68(24(3)4,22-19-34(42,43)35(44,45)36(46,47)37(48,49)38(50,51)39(52,53)40(54,55)41(56,57)58)66-21-20-65-30-15-11-27(12-16-30)31(25(5)9-8-10-26(6)32(61)60-63)67-33(62)59-28-13-17-29(64-7)18-14-28/h10-18,23-25,31,63H,8-9,19-22H2,1-7H3,(H,59,62)(H,60,61)/b26-10+/t25-,31+/m0/s1. The van der Waals surface area contributed by atoms with Gasteiger partial charge in [-0.2, -0.15) is 74.6 Å². The van der Waals surface area contributed by atoms with Crippen LogP contribution in [0.4, 0.5) is 85.1 Å². The number of carbonyl (C=O) groups excluding carboxylic acids is 2. The van der Waals surface area contributed by atoms with Crippen molar-refractivity contribution in [1.82, 2.24) is 5.48 Å². The number of hydrogen-bond acceptors (Lipinski definition) is 7. The molecule has 2 aromatic rings. The fourth-order valence-electron chi connectivity index (χ4n) is 6.84. The van der Waals surface area contributed by atoms with Gasteiger partial charge in [-0.25, -0.2) is 10.3 Å². The van der Waals surface area contributed by atoms with E-state index >= 15 is 8.78 Å². The van der Waals surface area contributed by atoms with Gasteiger partial charge in [0.25, 0.3) is 5.91 Å². The summed E-state index contributed by atoms with van der Waals surface area (Å²) in [4.78, 5) is 24.7. The lowest BCUT2D eigenvalue weighted by Gasteiger charge is -2.44. The molecule has 27 heteroatoms. The van der Waals surface area contributed by atoms with E-state index in [1.165, 1.54) is 71.5 Å². The van der Waals surface area contributed by atoms with Gasteiger partial charge in [0.1, 0.15) is 24.2 Å². The predicted molar refractivity (Wildman–Crippen MR) is 212 cm³/mol. The number of allylic oxidation sites excluding steroid dienone is 1. The molecule has 0 radical (unpaired) electrons. The molecule has 0 spiro atoms.